The zero-order chi connectivity index (χ0) is 14.8. The molecular weight excluding hydrogens is 288 g/mol. The van der Waals surface area contributed by atoms with Crippen molar-refractivity contribution in [3.8, 4) is 11.5 Å². The number of aromatic nitrogens is 2. The lowest BCUT2D eigenvalue weighted by molar-refractivity contribution is 0.0486. The van der Waals surface area contributed by atoms with Crippen LogP contribution in [-0.4, -0.2) is 37.0 Å². The van der Waals surface area contributed by atoms with Gasteiger partial charge in [0.15, 0.2) is 16.3 Å². The Morgan fingerprint density at radius 3 is 2.76 bits per heavy atom. The highest BCUT2D eigenvalue weighted by Crippen LogP contribution is 2.32. The van der Waals surface area contributed by atoms with E-state index in [-0.39, 0.29) is 0 Å². The van der Waals surface area contributed by atoms with Crippen molar-refractivity contribution in [2.75, 3.05) is 27.4 Å². The maximum atomic E-state index is 5.56. The molecule has 1 aromatic heterocycles. The lowest BCUT2D eigenvalue weighted by Gasteiger charge is -2.22. The molecule has 1 unspecified atom stereocenters. The molecule has 0 saturated carbocycles. The molecule has 0 aliphatic carbocycles. The van der Waals surface area contributed by atoms with Gasteiger partial charge in [0.2, 0.25) is 0 Å². The van der Waals surface area contributed by atoms with E-state index < -0.39 is 0 Å². The Morgan fingerprint density at radius 1 is 1.33 bits per heavy atom. The van der Waals surface area contributed by atoms with E-state index in [4.69, 9.17) is 26.4 Å². The normalized spacial score (nSPS) is 18.9. The topological polar surface area (TPSA) is 48.4 Å². The van der Waals surface area contributed by atoms with Gasteiger partial charge in [-0.15, -0.1) is 0 Å². The molecule has 1 aliphatic rings. The molecule has 1 atom stereocenters. The number of benzene rings is 1. The van der Waals surface area contributed by atoms with Gasteiger partial charge in [0.1, 0.15) is 0 Å². The second kappa shape index (κ2) is 6.07. The third-order valence-electron chi connectivity index (χ3n) is 3.97. The van der Waals surface area contributed by atoms with Crippen LogP contribution in [0.5, 0.6) is 11.5 Å². The van der Waals surface area contributed by atoms with Gasteiger partial charge in [-0.2, -0.15) is 0 Å². The van der Waals surface area contributed by atoms with Crippen LogP contribution < -0.4 is 9.47 Å². The highest BCUT2D eigenvalue weighted by Gasteiger charge is 2.17. The van der Waals surface area contributed by atoms with Crippen LogP contribution in [0.25, 0.3) is 11.0 Å². The van der Waals surface area contributed by atoms with Crippen LogP contribution in [0, 0.1) is 10.7 Å². The van der Waals surface area contributed by atoms with Gasteiger partial charge in [0, 0.05) is 31.2 Å². The Balaban J connectivity index is 2.01. The summed E-state index contributed by atoms with van der Waals surface area (Å²) in [6, 6.07) is 3.90. The molecule has 0 spiro atoms. The molecule has 1 aromatic carbocycles. The molecular formula is C15H20N2O3S. The number of ether oxygens (including phenoxy) is 3. The summed E-state index contributed by atoms with van der Waals surface area (Å²) in [7, 11) is 3.28. The number of nitrogens with one attached hydrogen (secondary N) is 1. The van der Waals surface area contributed by atoms with Crippen LogP contribution >= 0.6 is 12.2 Å². The summed E-state index contributed by atoms with van der Waals surface area (Å²) in [6.45, 7) is 2.55. The fourth-order valence-electron chi connectivity index (χ4n) is 2.87. The molecule has 0 bridgehead atoms. The Bertz CT molecular complexity index is 686. The molecule has 6 heteroatoms. The van der Waals surface area contributed by atoms with Gasteiger partial charge in [-0.3, -0.25) is 0 Å². The monoisotopic (exact) mass is 308 g/mol. The number of hydrogen-bond donors (Lipinski definition) is 1. The molecule has 1 fully saturated rings. The summed E-state index contributed by atoms with van der Waals surface area (Å²) >= 11 is 5.47. The lowest BCUT2D eigenvalue weighted by Crippen LogP contribution is -2.22. The van der Waals surface area contributed by atoms with Gasteiger partial charge in [-0.05, 0) is 25.1 Å². The average molecular weight is 308 g/mol. The number of nitrogens with zero attached hydrogens (tertiary/aromatic N) is 1. The van der Waals surface area contributed by atoms with Crippen molar-refractivity contribution in [1.82, 2.24) is 9.55 Å². The summed E-state index contributed by atoms with van der Waals surface area (Å²) < 4.78 is 19.1. The van der Waals surface area contributed by atoms with Crippen LogP contribution in [0.15, 0.2) is 12.1 Å². The van der Waals surface area contributed by atoms with E-state index in [1.807, 2.05) is 12.1 Å². The SMILES string of the molecule is COc1cc2[nH]c(=S)n(CC3CCCOC3)c2cc1OC. The summed E-state index contributed by atoms with van der Waals surface area (Å²) in [5.41, 5.74) is 2.01. The molecule has 0 amide bonds. The van der Waals surface area contributed by atoms with Crippen molar-refractivity contribution < 1.29 is 14.2 Å². The largest absolute Gasteiger partial charge is 0.493 e. The smallest absolute Gasteiger partial charge is 0.178 e. The van der Waals surface area contributed by atoms with Crippen molar-refractivity contribution in [3.05, 3.63) is 16.9 Å². The van der Waals surface area contributed by atoms with E-state index in [2.05, 4.69) is 9.55 Å². The minimum absolute atomic E-state index is 0.512. The predicted octanol–water partition coefficient (Wildman–Crippen LogP) is 3.14. The van der Waals surface area contributed by atoms with E-state index in [1.54, 1.807) is 14.2 Å². The zero-order valence-corrected chi connectivity index (χ0v) is 13.2. The maximum Gasteiger partial charge on any atom is 0.178 e. The van der Waals surface area contributed by atoms with Crippen LogP contribution in [0.4, 0.5) is 0 Å². The van der Waals surface area contributed by atoms with Gasteiger partial charge in [0.05, 0.1) is 31.9 Å². The first-order valence-corrected chi connectivity index (χ1v) is 7.56. The van der Waals surface area contributed by atoms with Crippen LogP contribution in [0.3, 0.4) is 0 Å². The van der Waals surface area contributed by atoms with Crippen molar-refractivity contribution in [2.24, 2.45) is 5.92 Å². The predicted molar refractivity (Wildman–Crippen MR) is 83.8 cm³/mol. The van der Waals surface area contributed by atoms with Crippen molar-refractivity contribution >= 4 is 23.3 Å². The standard InChI is InChI=1S/C15H20N2O3S/c1-18-13-6-11-12(7-14(13)19-2)17(15(21)16-11)8-10-4-3-5-20-9-10/h6-7,10H,3-5,8-9H2,1-2H3,(H,16,21). The third-order valence-corrected chi connectivity index (χ3v) is 4.30. The Morgan fingerprint density at radius 2 is 2.10 bits per heavy atom. The van der Waals surface area contributed by atoms with Gasteiger partial charge < -0.3 is 23.8 Å². The Labute approximate surface area is 128 Å². The molecule has 2 aromatic rings. The van der Waals surface area contributed by atoms with Crippen LogP contribution in [0.2, 0.25) is 0 Å². The summed E-state index contributed by atoms with van der Waals surface area (Å²) in [6.07, 6.45) is 2.30. The van der Waals surface area contributed by atoms with E-state index in [9.17, 15) is 0 Å². The number of rotatable bonds is 4. The molecule has 1 aliphatic heterocycles. The van der Waals surface area contributed by atoms with Gasteiger partial charge in [-0.1, -0.05) is 0 Å². The molecule has 2 heterocycles. The Kier molecular flexibility index (Phi) is 4.17. The molecule has 114 valence electrons. The minimum Gasteiger partial charge on any atom is -0.493 e. The molecule has 5 nitrogen and oxygen atoms in total. The molecule has 0 radical (unpaired) electrons. The Hall–Kier alpha value is -1.53. The van der Waals surface area contributed by atoms with E-state index in [0.29, 0.717) is 17.4 Å². The fraction of sp³-hybridized carbons (Fsp3) is 0.533. The molecule has 21 heavy (non-hydrogen) atoms. The van der Waals surface area contributed by atoms with E-state index >= 15 is 0 Å². The minimum atomic E-state index is 0.512. The summed E-state index contributed by atoms with van der Waals surface area (Å²) in [5.74, 6) is 1.93. The fourth-order valence-corrected chi connectivity index (χ4v) is 3.16. The van der Waals surface area contributed by atoms with Crippen LogP contribution in [0.1, 0.15) is 12.8 Å². The summed E-state index contributed by atoms with van der Waals surface area (Å²) in [5, 5.41) is 0. The van der Waals surface area contributed by atoms with Gasteiger partial charge in [-0.25, -0.2) is 0 Å². The number of hydrogen-bond acceptors (Lipinski definition) is 4. The third kappa shape index (κ3) is 2.78. The van der Waals surface area contributed by atoms with Gasteiger partial charge in [0.25, 0.3) is 0 Å². The molecule has 1 saturated heterocycles. The number of imidazole rings is 1. The lowest BCUT2D eigenvalue weighted by atomic mass is 10.0. The highest BCUT2D eigenvalue weighted by atomic mass is 32.1. The zero-order valence-electron chi connectivity index (χ0n) is 12.3. The quantitative estimate of drug-likeness (QED) is 0.882. The second-order valence-corrected chi connectivity index (χ2v) is 5.73. The second-order valence-electron chi connectivity index (χ2n) is 5.35. The highest BCUT2D eigenvalue weighted by molar-refractivity contribution is 7.71. The first-order chi connectivity index (χ1) is 10.2. The van der Waals surface area contributed by atoms with Crippen molar-refractivity contribution in [3.63, 3.8) is 0 Å². The maximum absolute atomic E-state index is 5.56. The number of aromatic amines is 1. The summed E-state index contributed by atoms with van der Waals surface area (Å²) in [4.78, 5) is 3.24. The number of H-pyrrole nitrogens is 1. The van der Waals surface area contributed by atoms with Crippen molar-refractivity contribution in [1.29, 1.82) is 0 Å². The van der Waals surface area contributed by atoms with Crippen LogP contribution in [-0.2, 0) is 11.3 Å². The number of fused-ring (bicyclic) bond motifs is 1. The molecule has 3 rings (SSSR count). The first kappa shape index (κ1) is 14.4. The van der Waals surface area contributed by atoms with Gasteiger partial charge >= 0.3 is 0 Å². The first-order valence-electron chi connectivity index (χ1n) is 7.15. The van der Waals surface area contributed by atoms with E-state index in [0.717, 1.165) is 42.0 Å². The number of methoxy groups -OCH3 is 2. The molecule has 1 N–H and O–H groups in total. The van der Waals surface area contributed by atoms with E-state index in [1.165, 1.54) is 6.42 Å². The van der Waals surface area contributed by atoms with Crippen molar-refractivity contribution in [2.45, 2.75) is 19.4 Å². The average Bonchev–Trinajstić information content (AvgIpc) is 2.82.